The number of amides is 2. The molecule has 0 saturated carbocycles. The molecule has 1 atom stereocenters. The van der Waals surface area contributed by atoms with Gasteiger partial charge in [-0.25, -0.2) is 4.79 Å². The molecule has 0 spiro atoms. The number of carbonyl (C=O) groups excluding carboxylic acids is 1. The third-order valence-electron chi connectivity index (χ3n) is 2.34. The first-order valence-electron chi connectivity index (χ1n) is 5.85. The Hall–Kier alpha value is -1.55. The van der Waals surface area contributed by atoms with Crippen LogP contribution in [-0.2, 0) is 0 Å². The number of anilines is 1. The summed E-state index contributed by atoms with van der Waals surface area (Å²) in [6.45, 7) is 4.07. The smallest absolute Gasteiger partial charge is 0.319 e. The van der Waals surface area contributed by atoms with E-state index < -0.39 is 0 Å². The van der Waals surface area contributed by atoms with Crippen molar-refractivity contribution < 1.29 is 9.90 Å². The molecule has 4 heteroatoms. The van der Waals surface area contributed by atoms with E-state index in [1.807, 2.05) is 30.3 Å². The van der Waals surface area contributed by atoms with Crippen LogP contribution in [0.3, 0.4) is 0 Å². The fourth-order valence-corrected chi connectivity index (χ4v) is 1.62. The minimum Gasteiger partial charge on any atom is -0.394 e. The van der Waals surface area contributed by atoms with Crippen molar-refractivity contribution in [1.82, 2.24) is 5.32 Å². The second-order valence-electron chi connectivity index (χ2n) is 4.47. The second kappa shape index (κ2) is 6.91. The van der Waals surface area contributed by atoms with Crippen LogP contribution < -0.4 is 10.6 Å². The van der Waals surface area contributed by atoms with Gasteiger partial charge in [-0.15, -0.1) is 0 Å². The summed E-state index contributed by atoms with van der Waals surface area (Å²) in [6, 6.07) is 8.75. The van der Waals surface area contributed by atoms with E-state index in [1.165, 1.54) is 0 Å². The highest BCUT2D eigenvalue weighted by Crippen LogP contribution is 2.06. The molecular weight excluding hydrogens is 216 g/mol. The maximum Gasteiger partial charge on any atom is 0.319 e. The number of aliphatic hydroxyl groups excluding tert-OH is 1. The number of hydrogen-bond acceptors (Lipinski definition) is 2. The number of para-hydroxylation sites is 1. The summed E-state index contributed by atoms with van der Waals surface area (Å²) in [5.41, 5.74) is 0.742. The van der Waals surface area contributed by atoms with Crippen LogP contribution in [0.2, 0.25) is 0 Å². The van der Waals surface area contributed by atoms with Crippen molar-refractivity contribution in [3.05, 3.63) is 30.3 Å². The van der Waals surface area contributed by atoms with Gasteiger partial charge in [-0.05, 0) is 24.5 Å². The molecule has 94 valence electrons. The maximum absolute atomic E-state index is 11.6. The Morgan fingerprint density at radius 3 is 2.47 bits per heavy atom. The van der Waals surface area contributed by atoms with Gasteiger partial charge in [-0.2, -0.15) is 0 Å². The summed E-state index contributed by atoms with van der Waals surface area (Å²) in [6.07, 6.45) is 0.763. The lowest BCUT2D eigenvalue weighted by Crippen LogP contribution is -2.40. The molecule has 1 rings (SSSR count). The van der Waals surface area contributed by atoms with Crippen LogP contribution in [0.4, 0.5) is 10.5 Å². The van der Waals surface area contributed by atoms with Gasteiger partial charge in [0.2, 0.25) is 0 Å². The molecule has 17 heavy (non-hydrogen) atoms. The van der Waals surface area contributed by atoms with Crippen LogP contribution in [0.25, 0.3) is 0 Å². The van der Waals surface area contributed by atoms with Crippen LogP contribution in [-0.4, -0.2) is 23.8 Å². The molecule has 0 aliphatic rings. The predicted molar refractivity (Wildman–Crippen MR) is 68.9 cm³/mol. The van der Waals surface area contributed by atoms with Gasteiger partial charge < -0.3 is 15.7 Å². The average molecular weight is 236 g/mol. The van der Waals surface area contributed by atoms with Gasteiger partial charge in [0.25, 0.3) is 0 Å². The zero-order chi connectivity index (χ0) is 12.7. The van der Waals surface area contributed by atoms with Crippen molar-refractivity contribution in [3.63, 3.8) is 0 Å². The molecule has 1 unspecified atom stereocenters. The molecular formula is C13H20N2O2. The Balaban J connectivity index is 2.43. The van der Waals surface area contributed by atoms with E-state index in [0.29, 0.717) is 5.92 Å². The maximum atomic E-state index is 11.6. The summed E-state index contributed by atoms with van der Waals surface area (Å²) < 4.78 is 0. The van der Waals surface area contributed by atoms with Gasteiger partial charge in [0.05, 0.1) is 12.6 Å². The third-order valence-corrected chi connectivity index (χ3v) is 2.34. The Kier molecular flexibility index (Phi) is 5.49. The Labute approximate surface area is 102 Å². The normalized spacial score (nSPS) is 12.2. The SMILES string of the molecule is CC(C)CC(CO)NC(=O)Nc1ccccc1. The topological polar surface area (TPSA) is 61.4 Å². The van der Waals surface area contributed by atoms with E-state index in [-0.39, 0.29) is 18.7 Å². The monoisotopic (exact) mass is 236 g/mol. The number of nitrogens with one attached hydrogen (secondary N) is 2. The molecule has 4 nitrogen and oxygen atoms in total. The van der Waals surface area contributed by atoms with Gasteiger partial charge in [-0.3, -0.25) is 0 Å². The molecule has 0 saturated heterocycles. The quantitative estimate of drug-likeness (QED) is 0.734. The number of benzene rings is 1. The molecule has 0 radical (unpaired) electrons. The number of carbonyl (C=O) groups is 1. The highest BCUT2D eigenvalue weighted by atomic mass is 16.3. The van der Waals surface area contributed by atoms with Gasteiger partial charge in [-0.1, -0.05) is 32.0 Å². The van der Waals surface area contributed by atoms with Crippen molar-refractivity contribution in [3.8, 4) is 0 Å². The fraction of sp³-hybridized carbons (Fsp3) is 0.462. The van der Waals surface area contributed by atoms with Crippen molar-refractivity contribution in [1.29, 1.82) is 0 Å². The molecule has 1 aromatic rings. The molecule has 2 amide bonds. The summed E-state index contributed by atoms with van der Waals surface area (Å²) >= 11 is 0. The lowest BCUT2D eigenvalue weighted by Gasteiger charge is -2.18. The van der Waals surface area contributed by atoms with E-state index in [1.54, 1.807) is 0 Å². The minimum atomic E-state index is -0.282. The minimum absolute atomic E-state index is 0.0413. The standard InChI is InChI=1S/C13H20N2O2/c1-10(2)8-12(9-16)15-13(17)14-11-6-4-3-5-7-11/h3-7,10,12,16H,8-9H2,1-2H3,(H2,14,15,17). The van der Waals surface area contributed by atoms with Crippen molar-refractivity contribution in [2.75, 3.05) is 11.9 Å². The first kappa shape index (κ1) is 13.5. The van der Waals surface area contributed by atoms with Crippen LogP contribution in [0.15, 0.2) is 30.3 Å². The van der Waals surface area contributed by atoms with Gasteiger partial charge >= 0.3 is 6.03 Å². The van der Waals surface area contributed by atoms with Crippen LogP contribution in [0, 0.1) is 5.92 Å². The molecule has 0 fully saturated rings. The summed E-state index contributed by atoms with van der Waals surface area (Å²) in [4.78, 5) is 11.6. The van der Waals surface area contributed by atoms with Crippen molar-refractivity contribution in [2.24, 2.45) is 5.92 Å². The highest BCUT2D eigenvalue weighted by molar-refractivity contribution is 5.89. The first-order chi connectivity index (χ1) is 8.11. The van der Waals surface area contributed by atoms with Gasteiger partial charge in [0.1, 0.15) is 0 Å². The lowest BCUT2D eigenvalue weighted by atomic mass is 10.0. The van der Waals surface area contributed by atoms with Gasteiger partial charge in [0.15, 0.2) is 0 Å². The van der Waals surface area contributed by atoms with Crippen LogP contribution >= 0.6 is 0 Å². The summed E-state index contributed by atoms with van der Waals surface area (Å²) in [7, 11) is 0. The number of hydrogen-bond donors (Lipinski definition) is 3. The van der Waals surface area contributed by atoms with Crippen LogP contribution in [0.5, 0.6) is 0 Å². The number of urea groups is 1. The molecule has 0 aromatic heterocycles. The van der Waals surface area contributed by atoms with E-state index >= 15 is 0 Å². The van der Waals surface area contributed by atoms with Gasteiger partial charge in [0, 0.05) is 5.69 Å². The number of aliphatic hydroxyl groups is 1. The highest BCUT2D eigenvalue weighted by Gasteiger charge is 2.12. The summed E-state index contributed by atoms with van der Waals surface area (Å²) in [5, 5.41) is 14.6. The van der Waals surface area contributed by atoms with E-state index in [9.17, 15) is 4.79 Å². The molecule has 0 bridgehead atoms. The zero-order valence-corrected chi connectivity index (χ0v) is 10.3. The van der Waals surface area contributed by atoms with E-state index in [2.05, 4.69) is 24.5 Å². The Bertz CT molecular complexity index is 339. The molecule has 0 aliphatic heterocycles. The third kappa shape index (κ3) is 5.36. The molecule has 0 aliphatic carbocycles. The first-order valence-corrected chi connectivity index (χ1v) is 5.85. The van der Waals surface area contributed by atoms with E-state index in [4.69, 9.17) is 5.11 Å². The molecule has 3 N–H and O–H groups in total. The second-order valence-corrected chi connectivity index (χ2v) is 4.47. The van der Waals surface area contributed by atoms with Crippen molar-refractivity contribution >= 4 is 11.7 Å². The number of rotatable bonds is 5. The zero-order valence-electron chi connectivity index (χ0n) is 10.3. The van der Waals surface area contributed by atoms with E-state index in [0.717, 1.165) is 12.1 Å². The summed E-state index contributed by atoms with van der Waals surface area (Å²) in [5.74, 6) is 0.434. The van der Waals surface area contributed by atoms with Crippen molar-refractivity contribution in [2.45, 2.75) is 26.3 Å². The molecule has 1 aromatic carbocycles. The van der Waals surface area contributed by atoms with Crippen LogP contribution in [0.1, 0.15) is 20.3 Å². The Morgan fingerprint density at radius 2 is 1.94 bits per heavy atom. The average Bonchev–Trinajstić information content (AvgIpc) is 2.28. The predicted octanol–water partition coefficient (Wildman–Crippen LogP) is 2.22. The lowest BCUT2D eigenvalue weighted by molar-refractivity contribution is 0.214. The largest absolute Gasteiger partial charge is 0.394 e. The Morgan fingerprint density at radius 1 is 1.29 bits per heavy atom. The molecule has 0 heterocycles. The fourth-order valence-electron chi connectivity index (χ4n) is 1.62.